The van der Waals surface area contributed by atoms with Gasteiger partial charge in [-0.1, -0.05) is 6.07 Å². The van der Waals surface area contributed by atoms with E-state index in [4.69, 9.17) is 16.2 Å². The minimum Gasteiger partial charge on any atom is -0.496 e. The number of ether oxygens (including phenoxy) is 1. The van der Waals surface area contributed by atoms with Gasteiger partial charge in [0.1, 0.15) is 5.75 Å². The molecule has 0 radical (unpaired) electrons. The number of guanidine groups is 1. The summed E-state index contributed by atoms with van der Waals surface area (Å²) in [4.78, 5) is 4.00. The molecule has 1 aromatic rings. The summed E-state index contributed by atoms with van der Waals surface area (Å²) in [5, 5.41) is 0. The third-order valence-electron chi connectivity index (χ3n) is 2.03. The normalized spacial score (nSPS) is 9.64. The highest BCUT2D eigenvalue weighted by Gasteiger charge is 2.06. The van der Waals surface area contributed by atoms with E-state index >= 15 is 0 Å². The van der Waals surface area contributed by atoms with E-state index in [1.54, 1.807) is 7.11 Å². The fourth-order valence-corrected chi connectivity index (χ4v) is 1.39. The molecule has 0 unspecified atom stereocenters. The zero-order valence-electron chi connectivity index (χ0n) is 8.66. The van der Waals surface area contributed by atoms with Crippen molar-refractivity contribution < 1.29 is 4.74 Å². The second-order valence-corrected chi connectivity index (χ2v) is 3.10. The van der Waals surface area contributed by atoms with Crippen LogP contribution in [-0.4, -0.2) is 13.1 Å². The number of hydrogen-bond acceptors (Lipinski definition) is 2. The first-order valence-corrected chi connectivity index (χ1v) is 4.30. The van der Waals surface area contributed by atoms with Gasteiger partial charge in [0.2, 0.25) is 0 Å². The average molecular weight is 193 g/mol. The van der Waals surface area contributed by atoms with Crippen LogP contribution in [0.4, 0.5) is 5.69 Å². The van der Waals surface area contributed by atoms with E-state index in [-0.39, 0.29) is 5.96 Å². The summed E-state index contributed by atoms with van der Waals surface area (Å²) in [5.74, 6) is 0.881. The molecular weight excluding hydrogens is 178 g/mol. The van der Waals surface area contributed by atoms with Crippen LogP contribution in [0, 0.1) is 13.8 Å². The number of aryl methyl sites for hydroxylation is 1. The molecule has 0 saturated carbocycles. The molecular formula is C10H15N3O. The number of hydrogen-bond donors (Lipinski definition) is 2. The summed E-state index contributed by atoms with van der Waals surface area (Å²) >= 11 is 0. The highest BCUT2D eigenvalue weighted by atomic mass is 16.5. The molecule has 4 heteroatoms. The molecule has 0 aliphatic carbocycles. The van der Waals surface area contributed by atoms with E-state index in [2.05, 4.69) is 4.99 Å². The largest absolute Gasteiger partial charge is 0.496 e. The van der Waals surface area contributed by atoms with Gasteiger partial charge in [-0.25, -0.2) is 4.99 Å². The number of aliphatic imine (C=N–C) groups is 1. The number of benzene rings is 1. The molecule has 76 valence electrons. The van der Waals surface area contributed by atoms with Gasteiger partial charge in [-0.15, -0.1) is 0 Å². The molecule has 1 aromatic carbocycles. The third kappa shape index (κ3) is 1.96. The van der Waals surface area contributed by atoms with Crippen LogP contribution < -0.4 is 16.2 Å². The SMILES string of the molecule is COc1c(C)ccc(N=C(N)N)c1C. The Morgan fingerprint density at radius 3 is 2.43 bits per heavy atom. The van der Waals surface area contributed by atoms with Gasteiger partial charge in [0.05, 0.1) is 12.8 Å². The van der Waals surface area contributed by atoms with Crippen molar-refractivity contribution in [3.8, 4) is 5.75 Å². The van der Waals surface area contributed by atoms with Crippen LogP contribution >= 0.6 is 0 Å². The van der Waals surface area contributed by atoms with Crippen molar-refractivity contribution in [3.63, 3.8) is 0 Å². The minimum atomic E-state index is 0.0546. The summed E-state index contributed by atoms with van der Waals surface area (Å²) in [6, 6.07) is 3.79. The lowest BCUT2D eigenvalue weighted by molar-refractivity contribution is 0.409. The lowest BCUT2D eigenvalue weighted by Crippen LogP contribution is -2.22. The second kappa shape index (κ2) is 4.00. The molecule has 0 aliphatic rings. The van der Waals surface area contributed by atoms with Crippen molar-refractivity contribution in [2.24, 2.45) is 16.5 Å². The fraction of sp³-hybridized carbons (Fsp3) is 0.300. The van der Waals surface area contributed by atoms with Crippen LogP contribution in [0.5, 0.6) is 5.75 Å². The number of methoxy groups -OCH3 is 1. The first-order chi connectivity index (χ1) is 6.56. The van der Waals surface area contributed by atoms with E-state index < -0.39 is 0 Å². The van der Waals surface area contributed by atoms with E-state index in [0.717, 1.165) is 22.6 Å². The van der Waals surface area contributed by atoms with Crippen LogP contribution in [0.3, 0.4) is 0 Å². The van der Waals surface area contributed by atoms with Crippen molar-refractivity contribution >= 4 is 11.6 Å². The van der Waals surface area contributed by atoms with Crippen LogP contribution in [0.1, 0.15) is 11.1 Å². The van der Waals surface area contributed by atoms with Crippen molar-refractivity contribution in [3.05, 3.63) is 23.3 Å². The van der Waals surface area contributed by atoms with Gasteiger partial charge in [-0.05, 0) is 25.5 Å². The van der Waals surface area contributed by atoms with Gasteiger partial charge in [0.25, 0.3) is 0 Å². The predicted octanol–water partition coefficient (Wildman–Crippen LogP) is 1.22. The molecule has 0 aromatic heterocycles. The molecule has 1 rings (SSSR count). The first-order valence-electron chi connectivity index (χ1n) is 4.30. The van der Waals surface area contributed by atoms with Gasteiger partial charge in [0.15, 0.2) is 5.96 Å². The molecule has 4 nitrogen and oxygen atoms in total. The van der Waals surface area contributed by atoms with Gasteiger partial charge < -0.3 is 16.2 Å². The molecule has 0 saturated heterocycles. The van der Waals surface area contributed by atoms with Gasteiger partial charge in [-0.3, -0.25) is 0 Å². The molecule has 0 atom stereocenters. The Bertz CT molecular complexity index is 368. The van der Waals surface area contributed by atoms with Crippen molar-refractivity contribution in [1.29, 1.82) is 0 Å². The predicted molar refractivity (Wildman–Crippen MR) is 57.9 cm³/mol. The van der Waals surface area contributed by atoms with Gasteiger partial charge in [0, 0.05) is 5.56 Å². The Labute approximate surface area is 83.6 Å². The smallest absolute Gasteiger partial charge is 0.191 e. The molecule has 0 bridgehead atoms. The lowest BCUT2D eigenvalue weighted by atomic mass is 10.1. The highest BCUT2D eigenvalue weighted by Crippen LogP contribution is 2.30. The maximum atomic E-state index is 5.31. The minimum absolute atomic E-state index is 0.0546. The first kappa shape index (κ1) is 10.4. The molecule has 0 fully saturated rings. The fourth-order valence-electron chi connectivity index (χ4n) is 1.39. The number of nitrogens with two attached hydrogens (primary N) is 2. The maximum Gasteiger partial charge on any atom is 0.191 e. The van der Waals surface area contributed by atoms with Crippen LogP contribution in [0.25, 0.3) is 0 Å². The molecule has 0 spiro atoms. The zero-order valence-corrected chi connectivity index (χ0v) is 8.66. The Kier molecular flexibility index (Phi) is 2.96. The molecule has 0 heterocycles. The Morgan fingerprint density at radius 2 is 1.93 bits per heavy atom. The van der Waals surface area contributed by atoms with E-state index in [1.807, 2.05) is 26.0 Å². The van der Waals surface area contributed by atoms with Crippen molar-refractivity contribution in [1.82, 2.24) is 0 Å². The summed E-state index contributed by atoms with van der Waals surface area (Å²) in [6.07, 6.45) is 0. The van der Waals surface area contributed by atoms with Crippen LogP contribution in [0.15, 0.2) is 17.1 Å². The summed E-state index contributed by atoms with van der Waals surface area (Å²) in [5.41, 5.74) is 13.4. The van der Waals surface area contributed by atoms with E-state index in [1.165, 1.54) is 0 Å². The molecule has 0 amide bonds. The maximum absolute atomic E-state index is 5.31. The second-order valence-electron chi connectivity index (χ2n) is 3.10. The number of rotatable bonds is 2. The van der Waals surface area contributed by atoms with Crippen LogP contribution in [-0.2, 0) is 0 Å². The molecule has 4 N–H and O–H groups in total. The summed E-state index contributed by atoms with van der Waals surface area (Å²) in [6.45, 7) is 3.90. The Morgan fingerprint density at radius 1 is 1.29 bits per heavy atom. The average Bonchev–Trinajstić information content (AvgIpc) is 2.10. The summed E-state index contributed by atoms with van der Waals surface area (Å²) in [7, 11) is 1.63. The summed E-state index contributed by atoms with van der Waals surface area (Å²) < 4.78 is 5.25. The highest BCUT2D eigenvalue weighted by molar-refractivity contribution is 5.80. The monoisotopic (exact) mass is 193 g/mol. The van der Waals surface area contributed by atoms with Crippen LogP contribution in [0.2, 0.25) is 0 Å². The number of nitrogens with zero attached hydrogens (tertiary/aromatic N) is 1. The quantitative estimate of drug-likeness (QED) is 0.547. The molecule has 14 heavy (non-hydrogen) atoms. The van der Waals surface area contributed by atoms with Crippen molar-refractivity contribution in [2.75, 3.05) is 7.11 Å². The standard InChI is InChI=1S/C10H15N3O/c1-6-4-5-8(13-10(11)12)7(2)9(6)14-3/h4-5H,1-3H3,(H4,11,12,13). The van der Waals surface area contributed by atoms with E-state index in [9.17, 15) is 0 Å². The van der Waals surface area contributed by atoms with Gasteiger partial charge in [-0.2, -0.15) is 0 Å². The van der Waals surface area contributed by atoms with Gasteiger partial charge >= 0.3 is 0 Å². The third-order valence-corrected chi connectivity index (χ3v) is 2.03. The van der Waals surface area contributed by atoms with E-state index in [0.29, 0.717) is 0 Å². The molecule has 0 aliphatic heterocycles. The Hall–Kier alpha value is -1.71. The lowest BCUT2D eigenvalue weighted by Gasteiger charge is -2.10. The zero-order chi connectivity index (χ0) is 10.7. The topological polar surface area (TPSA) is 73.6 Å². The Balaban J connectivity index is 3.28. The van der Waals surface area contributed by atoms with Crippen molar-refractivity contribution in [2.45, 2.75) is 13.8 Å².